The van der Waals surface area contributed by atoms with Gasteiger partial charge in [0.05, 0.1) is 0 Å². The van der Waals surface area contributed by atoms with Gasteiger partial charge in [-0.15, -0.1) is 0 Å². The molecule has 3 heteroatoms. The minimum atomic E-state index is 0.106. The van der Waals surface area contributed by atoms with Crippen LogP contribution in [0.2, 0.25) is 0 Å². The number of para-hydroxylation sites is 1. The molecule has 2 aliphatic heterocycles. The summed E-state index contributed by atoms with van der Waals surface area (Å²) in [6, 6.07) is 10.2. The summed E-state index contributed by atoms with van der Waals surface area (Å²) in [4.78, 5) is 5.15. The predicted molar refractivity (Wildman–Crippen MR) is 80.4 cm³/mol. The van der Waals surface area contributed by atoms with E-state index in [4.69, 9.17) is 5.73 Å². The fourth-order valence-electron chi connectivity index (χ4n) is 3.69. The quantitative estimate of drug-likeness (QED) is 0.885. The monoisotopic (exact) mass is 259 g/mol. The Bertz CT molecular complexity index is 443. The first-order valence-electron chi connectivity index (χ1n) is 7.48. The highest BCUT2D eigenvalue weighted by Gasteiger charge is 2.35. The highest BCUT2D eigenvalue weighted by atomic mass is 15.3. The molecule has 2 saturated heterocycles. The van der Waals surface area contributed by atoms with Gasteiger partial charge in [-0.25, -0.2) is 0 Å². The maximum absolute atomic E-state index is 6.13. The van der Waals surface area contributed by atoms with Crippen molar-refractivity contribution in [3.8, 4) is 0 Å². The fourth-order valence-corrected chi connectivity index (χ4v) is 3.69. The molecule has 0 saturated carbocycles. The van der Waals surface area contributed by atoms with Gasteiger partial charge >= 0.3 is 0 Å². The third-order valence-corrected chi connectivity index (χ3v) is 4.92. The first-order valence-corrected chi connectivity index (χ1v) is 7.48. The molecular weight excluding hydrogens is 234 g/mol. The van der Waals surface area contributed by atoms with Gasteiger partial charge in [-0.1, -0.05) is 18.2 Å². The maximum Gasteiger partial charge on any atom is 0.0415 e. The number of hydrogen-bond donors (Lipinski definition) is 1. The van der Waals surface area contributed by atoms with Crippen molar-refractivity contribution in [3.63, 3.8) is 0 Å². The second-order valence-corrected chi connectivity index (χ2v) is 6.13. The molecule has 0 spiro atoms. The Kier molecular flexibility index (Phi) is 3.50. The number of fused-ring (bicyclic) bond motifs is 2. The highest BCUT2D eigenvalue weighted by molar-refractivity contribution is 5.55. The van der Waals surface area contributed by atoms with Gasteiger partial charge in [0.2, 0.25) is 0 Å². The standard InChI is InChI=1S/C16H25N3/c1-12(17)15-5-3-4-6-16(15)19-10-9-13-7-8-14(11-19)18(13)2/h3-6,12-14H,7-11,17H2,1-2H3/t12-,13?,14?/m0/s1. The van der Waals surface area contributed by atoms with Crippen molar-refractivity contribution in [1.29, 1.82) is 0 Å². The predicted octanol–water partition coefficient (Wildman–Crippen LogP) is 2.38. The summed E-state index contributed by atoms with van der Waals surface area (Å²) in [6.07, 6.45) is 4.00. The van der Waals surface area contributed by atoms with Crippen LogP contribution in [-0.2, 0) is 0 Å². The van der Waals surface area contributed by atoms with Crippen LogP contribution in [0.1, 0.15) is 37.8 Å². The number of nitrogens with two attached hydrogens (primary N) is 1. The molecule has 1 aromatic carbocycles. The molecule has 2 bridgehead atoms. The molecule has 2 unspecified atom stereocenters. The van der Waals surface area contributed by atoms with Crippen LogP contribution in [0.4, 0.5) is 5.69 Å². The van der Waals surface area contributed by atoms with Crippen molar-refractivity contribution in [3.05, 3.63) is 29.8 Å². The Morgan fingerprint density at radius 1 is 1.16 bits per heavy atom. The van der Waals surface area contributed by atoms with E-state index in [-0.39, 0.29) is 6.04 Å². The van der Waals surface area contributed by atoms with Gasteiger partial charge in [0.15, 0.2) is 0 Å². The minimum absolute atomic E-state index is 0.106. The van der Waals surface area contributed by atoms with Crippen molar-refractivity contribution in [2.75, 3.05) is 25.0 Å². The molecular formula is C16H25N3. The second-order valence-electron chi connectivity index (χ2n) is 6.13. The van der Waals surface area contributed by atoms with Gasteiger partial charge < -0.3 is 10.6 Å². The van der Waals surface area contributed by atoms with E-state index in [9.17, 15) is 0 Å². The molecule has 104 valence electrons. The molecule has 2 heterocycles. The smallest absolute Gasteiger partial charge is 0.0415 e. The summed E-state index contributed by atoms with van der Waals surface area (Å²) in [5.74, 6) is 0. The van der Waals surface area contributed by atoms with Crippen molar-refractivity contribution in [1.82, 2.24) is 4.90 Å². The Labute approximate surface area is 116 Å². The normalized spacial score (nSPS) is 29.3. The summed E-state index contributed by atoms with van der Waals surface area (Å²) >= 11 is 0. The van der Waals surface area contributed by atoms with Crippen molar-refractivity contribution < 1.29 is 0 Å². The van der Waals surface area contributed by atoms with Crippen LogP contribution in [0.15, 0.2) is 24.3 Å². The molecule has 3 nitrogen and oxygen atoms in total. The van der Waals surface area contributed by atoms with Gasteiger partial charge in [0, 0.05) is 36.9 Å². The molecule has 2 aliphatic rings. The molecule has 19 heavy (non-hydrogen) atoms. The molecule has 0 aromatic heterocycles. The Balaban J connectivity index is 1.87. The van der Waals surface area contributed by atoms with Crippen LogP contribution >= 0.6 is 0 Å². The number of benzene rings is 1. The Morgan fingerprint density at radius 3 is 2.68 bits per heavy atom. The lowest BCUT2D eigenvalue weighted by atomic mass is 10.0. The van der Waals surface area contributed by atoms with E-state index >= 15 is 0 Å². The van der Waals surface area contributed by atoms with E-state index in [1.54, 1.807) is 0 Å². The van der Waals surface area contributed by atoms with Crippen LogP contribution < -0.4 is 10.6 Å². The van der Waals surface area contributed by atoms with Gasteiger partial charge in [-0.3, -0.25) is 4.90 Å². The molecule has 3 rings (SSSR count). The first-order chi connectivity index (χ1) is 9.16. The number of nitrogens with zero attached hydrogens (tertiary/aromatic N) is 2. The SMILES string of the molecule is C[C@H](N)c1ccccc1N1CCC2CCC(C1)N2C. The molecule has 0 aliphatic carbocycles. The zero-order chi connectivity index (χ0) is 13.4. The topological polar surface area (TPSA) is 32.5 Å². The van der Waals surface area contributed by atoms with E-state index in [0.717, 1.165) is 19.1 Å². The fraction of sp³-hybridized carbons (Fsp3) is 0.625. The number of rotatable bonds is 2. The summed E-state index contributed by atoms with van der Waals surface area (Å²) in [6.45, 7) is 4.39. The van der Waals surface area contributed by atoms with Crippen LogP contribution in [0.25, 0.3) is 0 Å². The lowest BCUT2D eigenvalue weighted by Gasteiger charge is -2.30. The van der Waals surface area contributed by atoms with Crippen molar-refractivity contribution >= 4 is 5.69 Å². The molecule has 2 N–H and O–H groups in total. The molecule has 1 aromatic rings. The molecule has 3 atom stereocenters. The van der Waals surface area contributed by atoms with E-state index in [1.165, 1.54) is 30.5 Å². The minimum Gasteiger partial charge on any atom is -0.370 e. The van der Waals surface area contributed by atoms with Crippen LogP contribution in [0.3, 0.4) is 0 Å². The zero-order valence-electron chi connectivity index (χ0n) is 12.0. The van der Waals surface area contributed by atoms with E-state index in [2.05, 4.69) is 48.0 Å². The summed E-state index contributed by atoms with van der Waals surface area (Å²) in [5.41, 5.74) is 8.75. The number of hydrogen-bond acceptors (Lipinski definition) is 3. The third kappa shape index (κ3) is 2.37. The van der Waals surface area contributed by atoms with Crippen LogP contribution in [0.5, 0.6) is 0 Å². The van der Waals surface area contributed by atoms with Gasteiger partial charge in [0.25, 0.3) is 0 Å². The average Bonchev–Trinajstić information content (AvgIpc) is 2.63. The third-order valence-electron chi connectivity index (χ3n) is 4.92. The average molecular weight is 259 g/mol. The Morgan fingerprint density at radius 2 is 1.89 bits per heavy atom. The summed E-state index contributed by atoms with van der Waals surface area (Å²) in [7, 11) is 2.29. The first kappa shape index (κ1) is 12.9. The highest BCUT2D eigenvalue weighted by Crippen LogP contribution is 2.33. The van der Waals surface area contributed by atoms with Crippen LogP contribution in [0, 0.1) is 0 Å². The van der Waals surface area contributed by atoms with Crippen molar-refractivity contribution in [2.45, 2.75) is 44.3 Å². The number of likely N-dealkylation sites (N-methyl/N-ethyl adjacent to an activating group) is 1. The Hall–Kier alpha value is -1.06. The summed E-state index contributed by atoms with van der Waals surface area (Å²) < 4.78 is 0. The van der Waals surface area contributed by atoms with Crippen LogP contribution in [-0.4, -0.2) is 37.1 Å². The summed E-state index contributed by atoms with van der Waals surface area (Å²) in [5, 5.41) is 0. The second kappa shape index (κ2) is 5.14. The van der Waals surface area contributed by atoms with Gasteiger partial charge in [-0.05, 0) is 44.9 Å². The maximum atomic E-state index is 6.13. The number of anilines is 1. The molecule has 0 radical (unpaired) electrons. The van der Waals surface area contributed by atoms with E-state index in [1.807, 2.05) is 0 Å². The molecule has 2 fully saturated rings. The van der Waals surface area contributed by atoms with Crippen molar-refractivity contribution in [2.24, 2.45) is 5.73 Å². The lowest BCUT2D eigenvalue weighted by molar-refractivity contribution is 0.254. The van der Waals surface area contributed by atoms with Gasteiger partial charge in [-0.2, -0.15) is 0 Å². The zero-order valence-corrected chi connectivity index (χ0v) is 12.0. The lowest BCUT2D eigenvalue weighted by Crippen LogP contribution is -2.37. The van der Waals surface area contributed by atoms with Gasteiger partial charge in [0.1, 0.15) is 0 Å². The van der Waals surface area contributed by atoms with E-state index in [0.29, 0.717) is 6.04 Å². The van der Waals surface area contributed by atoms with E-state index < -0.39 is 0 Å². The largest absolute Gasteiger partial charge is 0.370 e. The molecule has 0 amide bonds.